The molecule has 0 amide bonds. The topological polar surface area (TPSA) is 96.7 Å². The van der Waals surface area contributed by atoms with E-state index in [-0.39, 0.29) is 50.2 Å². The third-order valence-corrected chi connectivity index (χ3v) is 6.84. The fourth-order valence-corrected chi connectivity index (χ4v) is 4.25. The van der Waals surface area contributed by atoms with E-state index in [0.29, 0.717) is 0 Å². The highest BCUT2D eigenvalue weighted by molar-refractivity contribution is 7.89. The van der Waals surface area contributed by atoms with E-state index >= 15 is 0 Å². The number of hydrogen-bond acceptors (Lipinski definition) is 6. The lowest BCUT2D eigenvalue weighted by atomic mass is 10.2. The monoisotopic (exact) mass is 470 g/mol. The van der Waals surface area contributed by atoms with Gasteiger partial charge in [0.05, 0.1) is 38.7 Å². The third kappa shape index (κ3) is 5.05. The Labute approximate surface area is 185 Å². The molecule has 2 rings (SSSR count). The van der Waals surface area contributed by atoms with Gasteiger partial charge < -0.3 is 9.47 Å². The first-order chi connectivity index (χ1) is 14.0. The molecule has 30 heavy (non-hydrogen) atoms. The summed E-state index contributed by atoms with van der Waals surface area (Å²) < 4.78 is 37.4. The molecule has 0 atom stereocenters. The summed E-state index contributed by atoms with van der Waals surface area (Å²) in [5.41, 5.74) is 0.0730. The molecule has 0 bridgehead atoms. The number of sulfonamides is 1. The number of hydrogen-bond donors (Lipinski definition) is 0. The Balaban J connectivity index is 2.48. The molecule has 2 aromatic carbocycles. The zero-order chi connectivity index (χ0) is 22.6. The van der Waals surface area contributed by atoms with E-state index in [1.807, 2.05) is 6.07 Å². The number of benzene rings is 2. The summed E-state index contributed by atoms with van der Waals surface area (Å²) >= 11 is 12.3. The predicted octanol–water partition coefficient (Wildman–Crippen LogP) is 4.51. The summed E-state index contributed by atoms with van der Waals surface area (Å²) in [4.78, 5) is 12.7. The molecule has 7 nitrogen and oxygen atoms in total. The molecule has 160 valence electrons. The van der Waals surface area contributed by atoms with E-state index < -0.39 is 16.0 Å². The van der Waals surface area contributed by atoms with Gasteiger partial charge in [0.15, 0.2) is 11.5 Å². The van der Waals surface area contributed by atoms with Gasteiger partial charge in [0, 0.05) is 19.2 Å². The summed E-state index contributed by atoms with van der Waals surface area (Å²) in [7, 11) is -2.40. The van der Waals surface area contributed by atoms with Gasteiger partial charge in [-0.3, -0.25) is 0 Å². The molecule has 2 aromatic rings. The molecule has 0 aliphatic heterocycles. The Morgan fingerprint density at radius 2 is 1.87 bits per heavy atom. The number of nitrogens with zero attached hydrogens (tertiary/aromatic N) is 2. The van der Waals surface area contributed by atoms with E-state index in [9.17, 15) is 13.2 Å². The van der Waals surface area contributed by atoms with Crippen molar-refractivity contribution >= 4 is 39.2 Å². The van der Waals surface area contributed by atoms with Gasteiger partial charge >= 0.3 is 5.97 Å². The van der Waals surface area contributed by atoms with Crippen LogP contribution in [0, 0.1) is 11.3 Å². The highest BCUT2D eigenvalue weighted by Gasteiger charge is 2.26. The smallest absolute Gasteiger partial charge is 0.345 e. The second-order valence-corrected chi connectivity index (χ2v) is 9.29. The fourth-order valence-electron chi connectivity index (χ4n) is 2.41. The van der Waals surface area contributed by atoms with Crippen molar-refractivity contribution in [1.82, 2.24) is 4.31 Å². The van der Waals surface area contributed by atoms with Crippen molar-refractivity contribution in [2.45, 2.75) is 31.7 Å². The van der Waals surface area contributed by atoms with Gasteiger partial charge in [0.1, 0.15) is 0 Å². The lowest BCUT2D eigenvalue weighted by Gasteiger charge is -2.21. The Morgan fingerprint density at radius 3 is 2.43 bits per heavy atom. The van der Waals surface area contributed by atoms with Gasteiger partial charge in [0.25, 0.3) is 0 Å². The molecule has 0 fully saturated rings. The number of carbonyl (C=O) groups excluding carboxylic acids is 1. The summed E-state index contributed by atoms with van der Waals surface area (Å²) in [6, 6.07) is 8.13. The van der Waals surface area contributed by atoms with Crippen molar-refractivity contribution < 1.29 is 22.7 Å². The average Bonchev–Trinajstić information content (AvgIpc) is 2.69. The van der Waals surface area contributed by atoms with Crippen LogP contribution in [-0.2, 0) is 10.0 Å². The van der Waals surface area contributed by atoms with Gasteiger partial charge in [-0.15, -0.1) is 0 Å². The summed E-state index contributed by atoms with van der Waals surface area (Å²) in [5, 5.41) is 9.08. The molecule has 0 radical (unpaired) electrons. The molecule has 0 saturated heterocycles. The minimum absolute atomic E-state index is 0.00822. The maximum atomic E-state index is 12.8. The molecule has 0 spiro atoms. The molecule has 0 aliphatic rings. The number of esters is 1. The average molecular weight is 471 g/mol. The summed E-state index contributed by atoms with van der Waals surface area (Å²) in [5.74, 6) is -0.905. The fraction of sp³-hybridized carbons (Fsp3) is 0.300. The first-order valence-electron chi connectivity index (χ1n) is 8.89. The van der Waals surface area contributed by atoms with Crippen LogP contribution in [0.1, 0.15) is 36.7 Å². The second-order valence-electron chi connectivity index (χ2n) is 6.48. The van der Waals surface area contributed by atoms with Gasteiger partial charge in [-0.2, -0.15) is 9.57 Å². The van der Waals surface area contributed by atoms with Crippen molar-refractivity contribution in [3.8, 4) is 17.6 Å². The van der Waals surface area contributed by atoms with Crippen LogP contribution >= 0.6 is 23.2 Å². The van der Waals surface area contributed by atoms with E-state index in [4.69, 9.17) is 37.9 Å². The van der Waals surface area contributed by atoms with Crippen LogP contribution in [0.3, 0.4) is 0 Å². The molecule has 0 aliphatic carbocycles. The van der Waals surface area contributed by atoms with E-state index in [2.05, 4.69) is 0 Å². The number of halogens is 2. The van der Waals surface area contributed by atoms with Gasteiger partial charge in [-0.05, 0) is 45.0 Å². The second kappa shape index (κ2) is 9.67. The molecule has 10 heteroatoms. The molecular formula is C20H20Cl2N2O5S. The molecule has 0 saturated carbocycles. The summed E-state index contributed by atoms with van der Waals surface area (Å²) in [6.45, 7) is 5.41. The van der Waals surface area contributed by atoms with Crippen molar-refractivity contribution in [3.05, 3.63) is 51.5 Å². The lowest BCUT2D eigenvalue weighted by Crippen LogP contribution is -2.33. The normalized spacial score (nSPS) is 11.4. The standard InChI is InChI=1S/C20H20Cl2N2O5S/c1-5-28-18-9-13(11-23)8-17(22)19(18)29-20(25)15-10-14(6-7-16(15)21)30(26,27)24(4)12(2)3/h6-10,12H,5H2,1-4H3. The SMILES string of the molecule is CCOc1cc(C#N)cc(Cl)c1OC(=O)c1cc(S(=O)(=O)N(C)C(C)C)ccc1Cl. The minimum atomic E-state index is -3.84. The van der Waals surface area contributed by atoms with Crippen LogP contribution in [0.4, 0.5) is 0 Å². The van der Waals surface area contributed by atoms with Gasteiger partial charge in [-0.25, -0.2) is 13.2 Å². The highest BCUT2D eigenvalue weighted by atomic mass is 35.5. The van der Waals surface area contributed by atoms with Crippen molar-refractivity contribution in [2.75, 3.05) is 13.7 Å². The molecule has 0 aromatic heterocycles. The van der Waals surface area contributed by atoms with Crippen molar-refractivity contribution in [2.24, 2.45) is 0 Å². The van der Waals surface area contributed by atoms with Crippen LogP contribution in [-0.4, -0.2) is 38.4 Å². The Kier molecular flexibility index (Phi) is 7.72. The Bertz CT molecular complexity index is 1110. The number of ether oxygens (including phenoxy) is 2. The number of carbonyl (C=O) groups is 1. The summed E-state index contributed by atoms with van der Waals surface area (Å²) in [6.07, 6.45) is 0. The first-order valence-corrected chi connectivity index (χ1v) is 11.1. The van der Waals surface area contributed by atoms with E-state index in [0.717, 1.165) is 6.07 Å². The van der Waals surface area contributed by atoms with Crippen molar-refractivity contribution in [1.29, 1.82) is 5.26 Å². The maximum Gasteiger partial charge on any atom is 0.345 e. The minimum Gasteiger partial charge on any atom is -0.490 e. The Hall–Kier alpha value is -2.31. The van der Waals surface area contributed by atoms with E-state index in [1.165, 1.54) is 35.6 Å². The lowest BCUT2D eigenvalue weighted by molar-refractivity contribution is 0.0728. The van der Waals surface area contributed by atoms with Gasteiger partial charge in [0.2, 0.25) is 10.0 Å². The van der Waals surface area contributed by atoms with E-state index in [1.54, 1.807) is 20.8 Å². The molecule has 0 unspecified atom stereocenters. The molecule has 0 N–H and O–H groups in total. The third-order valence-electron chi connectivity index (χ3n) is 4.20. The van der Waals surface area contributed by atoms with Gasteiger partial charge in [-0.1, -0.05) is 23.2 Å². The zero-order valence-electron chi connectivity index (χ0n) is 16.8. The molecular weight excluding hydrogens is 451 g/mol. The maximum absolute atomic E-state index is 12.8. The largest absolute Gasteiger partial charge is 0.490 e. The highest BCUT2D eigenvalue weighted by Crippen LogP contribution is 2.37. The van der Waals surface area contributed by atoms with Crippen LogP contribution in [0.15, 0.2) is 35.2 Å². The Morgan fingerprint density at radius 1 is 1.20 bits per heavy atom. The predicted molar refractivity (Wildman–Crippen MR) is 114 cm³/mol. The number of nitriles is 1. The number of rotatable bonds is 7. The van der Waals surface area contributed by atoms with Crippen LogP contribution < -0.4 is 9.47 Å². The van der Waals surface area contributed by atoms with Crippen LogP contribution in [0.2, 0.25) is 10.0 Å². The zero-order valence-corrected chi connectivity index (χ0v) is 19.1. The quantitative estimate of drug-likeness (QED) is 0.436. The van der Waals surface area contributed by atoms with Crippen LogP contribution in [0.25, 0.3) is 0 Å². The first kappa shape index (κ1) is 24.0. The molecule has 0 heterocycles. The van der Waals surface area contributed by atoms with Crippen LogP contribution in [0.5, 0.6) is 11.5 Å². The van der Waals surface area contributed by atoms with Crippen molar-refractivity contribution in [3.63, 3.8) is 0 Å².